The number of benzene rings is 1. The monoisotopic (exact) mass is 340 g/mol. The Labute approximate surface area is 128 Å². The van der Waals surface area contributed by atoms with Crippen molar-refractivity contribution in [1.82, 2.24) is 10.2 Å². The largest absolute Gasteiger partial charge is 0.496 e. The Kier molecular flexibility index (Phi) is 6.01. The third-order valence-corrected chi connectivity index (χ3v) is 4.07. The minimum atomic E-state index is 0.268. The Morgan fingerprint density at radius 3 is 3.00 bits per heavy atom. The van der Waals surface area contributed by atoms with Gasteiger partial charge in [0.15, 0.2) is 5.78 Å². The molecule has 0 aromatic heterocycles. The summed E-state index contributed by atoms with van der Waals surface area (Å²) in [6.07, 6.45) is 1.59. The number of rotatable bonds is 5. The molecule has 1 saturated heterocycles. The van der Waals surface area contributed by atoms with Crippen molar-refractivity contribution in [2.45, 2.75) is 12.8 Å². The van der Waals surface area contributed by atoms with Crippen molar-refractivity contribution in [2.75, 3.05) is 39.8 Å². The van der Waals surface area contributed by atoms with Gasteiger partial charge in [-0.15, -0.1) is 0 Å². The summed E-state index contributed by atoms with van der Waals surface area (Å²) in [5.41, 5.74) is 1.02. The predicted molar refractivity (Wildman–Crippen MR) is 83.3 cm³/mol. The first-order valence-corrected chi connectivity index (χ1v) is 7.75. The van der Waals surface area contributed by atoms with E-state index < -0.39 is 0 Å². The van der Waals surface area contributed by atoms with Gasteiger partial charge in [-0.25, -0.2) is 0 Å². The standard InChI is InChI=1S/C15H21BrN2O2/c1-20-15-4-3-12(10-14(15)16)9-13(19)11-18-7-2-5-17-6-8-18/h3-4,10,17H,2,5-9,11H2,1H3. The maximum atomic E-state index is 12.2. The van der Waals surface area contributed by atoms with Crippen molar-refractivity contribution >= 4 is 21.7 Å². The summed E-state index contributed by atoms with van der Waals surface area (Å²) >= 11 is 3.45. The zero-order valence-corrected chi connectivity index (χ0v) is 13.4. The van der Waals surface area contributed by atoms with E-state index in [1.165, 1.54) is 0 Å². The molecule has 0 atom stereocenters. The maximum absolute atomic E-state index is 12.2. The molecular formula is C15H21BrN2O2. The Bertz CT molecular complexity index is 457. The van der Waals surface area contributed by atoms with E-state index in [1.807, 2.05) is 18.2 Å². The predicted octanol–water partition coefficient (Wildman–Crippen LogP) is 1.86. The summed E-state index contributed by atoms with van der Waals surface area (Å²) in [5, 5.41) is 3.35. The van der Waals surface area contributed by atoms with Gasteiger partial charge in [-0.2, -0.15) is 0 Å². The average Bonchev–Trinajstić information content (AvgIpc) is 2.67. The van der Waals surface area contributed by atoms with Gasteiger partial charge in [-0.1, -0.05) is 6.07 Å². The number of nitrogens with one attached hydrogen (secondary N) is 1. The van der Waals surface area contributed by atoms with Crippen molar-refractivity contribution < 1.29 is 9.53 Å². The molecule has 1 fully saturated rings. The first-order valence-electron chi connectivity index (χ1n) is 6.96. The highest BCUT2D eigenvalue weighted by atomic mass is 79.9. The first kappa shape index (κ1) is 15.5. The second kappa shape index (κ2) is 7.76. The number of ketones is 1. The van der Waals surface area contributed by atoms with Crippen LogP contribution in [0.25, 0.3) is 0 Å². The van der Waals surface area contributed by atoms with Gasteiger partial charge in [0.1, 0.15) is 5.75 Å². The topological polar surface area (TPSA) is 41.6 Å². The number of nitrogens with zero attached hydrogens (tertiary/aromatic N) is 1. The van der Waals surface area contributed by atoms with Crippen LogP contribution in [-0.4, -0.2) is 50.5 Å². The van der Waals surface area contributed by atoms with Gasteiger partial charge in [0, 0.05) is 19.5 Å². The summed E-state index contributed by atoms with van der Waals surface area (Å²) in [7, 11) is 1.64. The van der Waals surface area contributed by atoms with Crippen LogP contribution in [0, 0.1) is 0 Å². The molecule has 0 radical (unpaired) electrons. The van der Waals surface area contributed by atoms with Gasteiger partial charge in [0.25, 0.3) is 0 Å². The van der Waals surface area contributed by atoms with Crippen molar-refractivity contribution in [3.8, 4) is 5.75 Å². The molecule has 4 nitrogen and oxygen atoms in total. The zero-order chi connectivity index (χ0) is 14.4. The van der Waals surface area contributed by atoms with Gasteiger partial charge in [-0.3, -0.25) is 9.69 Å². The average molecular weight is 341 g/mol. The first-order chi connectivity index (χ1) is 9.69. The summed E-state index contributed by atoms with van der Waals surface area (Å²) < 4.78 is 6.09. The molecule has 1 N–H and O–H groups in total. The molecule has 1 aliphatic rings. The maximum Gasteiger partial charge on any atom is 0.151 e. The highest BCUT2D eigenvalue weighted by molar-refractivity contribution is 9.10. The lowest BCUT2D eigenvalue weighted by atomic mass is 10.1. The van der Waals surface area contributed by atoms with Crippen LogP contribution in [0.3, 0.4) is 0 Å². The Morgan fingerprint density at radius 1 is 1.40 bits per heavy atom. The minimum absolute atomic E-state index is 0.268. The third-order valence-electron chi connectivity index (χ3n) is 3.45. The van der Waals surface area contributed by atoms with Gasteiger partial charge in [-0.05, 0) is 53.1 Å². The number of hydrogen-bond donors (Lipinski definition) is 1. The van der Waals surface area contributed by atoms with Crippen LogP contribution in [0.1, 0.15) is 12.0 Å². The van der Waals surface area contributed by atoms with Crippen molar-refractivity contribution in [3.05, 3.63) is 28.2 Å². The molecule has 1 aromatic rings. The van der Waals surface area contributed by atoms with Gasteiger partial charge in [0.2, 0.25) is 0 Å². The van der Waals surface area contributed by atoms with E-state index in [2.05, 4.69) is 26.1 Å². The second-order valence-electron chi connectivity index (χ2n) is 5.06. The summed E-state index contributed by atoms with van der Waals surface area (Å²) in [5.74, 6) is 1.06. The van der Waals surface area contributed by atoms with Crippen LogP contribution in [0.5, 0.6) is 5.75 Å². The molecule has 1 aliphatic heterocycles. The summed E-state index contributed by atoms with van der Waals surface area (Å²) in [6.45, 7) is 4.53. The quantitative estimate of drug-likeness (QED) is 0.888. The molecule has 5 heteroatoms. The van der Waals surface area contributed by atoms with Crippen LogP contribution < -0.4 is 10.1 Å². The molecule has 0 saturated carbocycles. The fourth-order valence-corrected chi connectivity index (χ4v) is 3.00. The Hall–Kier alpha value is -0.910. The zero-order valence-electron chi connectivity index (χ0n) is 11.8. The normalized spacial score (nSPS) is 16.7. The lowest BCUT2D eigenvalue weighted by molar-refractivity contribution is -0.119. The van der Waals surface area contributed by atoms with E-state index in [9.17, 15) is 4.79 Å². The molecule has 0 unspecified atom stereocenters. The smallest absolute Gasteiger partial charge is 0.151 e. The highest BCUT2D eigenvalue weighted by Gasteiger charge is 2.13. The van der Waals surface area contributed by atoms with Gasteiger partial charge < -0.3 is 10.1 Å². The summed E-state index contributed by atoms with van der Waals surface area (Å²) in [6, 6.07) is 5.80. The van der Waals surface area contributed by atoms with Gasteiger partial charge >= 0.3 is 0 Å². The lowest BCUT2D eigenvalue weighted by Crippen LogP contribution is -2.33. The summed E-state index contributed by atoms with van der Waals surface area (Å²) in [4.78, 5) is 14.4. The van der Waals surface area contributed by atoms with Crippen molar-refractivity contribution in [3.63, 3.8) is 0 Å². The molecule has 20 heavy (non-hydrogen) atoms. The van der Waals surface area contributed by atoms with Crippen LogP contribution in [0.2, 0.25) is 0 Å². The van der Waals surface area contributed by atoms with Gasteiger partial charge in [0.05, 0.1) is 18.1 Å². The van der Waals surface area contributed by atoms with E-state index in [4.69, 9.17) is 4.74 Å². The molecule has 0 spiro atoms. The molecule has 2 rings (SSSR count). The van der Waals surface area contributed by atoms with Crippen LogP contribution in [0.4, 0.5) is 0 Å². The molecular weight excluding hydrogens is 320 g/mol. The number of carbonyl (C=O) groups is 1. The number of methoxy groups -OCH3 is 1. The van der Waals surface area contributed by atoms with E-state index >= 15 is 0 Å². The molecule has 0 bridgehead atoms. The number of carbonyl (C=O) groups excluding carboxylic acids is 1. The molecule has 1 aromatic carbocycles. The third kappa shape index (κ3) is 4.58. The molecule has 0 aliphatic carbocycles. The van der Waals surface area contributed by atoms with Crippen LogP contribution >= 0.6 is 15.9 Å². The molecule has 1 heterocycles. The number of halogens is 1. The number of ether oxygens (including phenoxy) is 1. The molecule has 0 amide bonds. The minimum Gasteiger partial charge on any atom is -0.496 e. The highest BCUT2D eigenvalue weighted by Crippen LogP contribution is 2.25. The van der Waals surface area contributed by atoms with E-state index in [0.717, 1.165) is 48.4 Å². The van der Waals surface area contributed by atoms with Crippen molar-refractivity contribution in [2.24, 2.45) is 0 Å². The SMILES string of the molecule is COc1ccc(CC(=O)CN2CCCNCC2)cc1Br. The number of Topliss-reactive ketones (excluding diaryl/α,β-unsaturated/α-hetero) is 1. The molecule has 110 valence electrons. The van der Waals surface area contributed by atoms with E-state index in [-0.39, 0.29) is 5.78 Å². The van der Waals surface area contributed by atoms with Crippen LogP contribution in [-0.2, 0) is 11.2 Å². The lowest BCUT2D eigenvalue weighted by Gasteiger charge is -2.18. The van der Waals surface area contributed by atoms with Crippen LogP contribution in [0.15, 0.2) is 22.7 Å². The Balaban J connectivity index is 1.88. The Morgan fingerprint density at radius 2 is 2.25 bits per heavy atom. The van der Waals surface area contributed by atoms with E-state index in [1.54, 1.807) is 7.11 Å². The van der Waals surface area contributed by atoms with E-state index in [0.29, 0.717) is 13.0 Å². The fourth-order valence-electron chi connectivity index (χ4n) is 2.41. The second-order valence-corrected chi connectivity index (χ2v) is 5.92. The van der Waals surface area contributed by atoms with Crippen molar-refractivity contribution in [1.29, 1.82) is 0 Å². The number of hydrogen-bond acceptors (Lipinski definition) is 4. The fraction of sp³-hybridized carbons (Fsp3) is 0.533.